The van der Waals surface area contributed by atoms with Crippen LogP contribution in [-0.2, 0) is 11.3 Å². The Labute approximate surface area is 193 Å². The van der Waals surface area contributed by atoms with Gasteiger partial charge < -0.3 is 15.4 Å². The van der Waals surface area contributed by atoms with Crippen molar-refractivity contribution in [3.8, 4) is 22.8 Å². The maximum Gasteiger partial charge on any atom is 0.248 e. The van der Waals surface area contributed by atoms with E-state index in [1.165, 1.54) is 0 Å². The Kier molecular flexibility index (Phi) is 6.40. The number of carbonyl (C=O) groups excluding carboxylic acids is 2. The second-order valence-electron chi connectivity index (χ2n) is 8.89. The second-order valence-corrected chi connectivity index (χ2v) is 8.89. The Hall–Kier alpha value is -3.74. The molecule has 1 unspecified atom stereocenters. The number of ether oxygens (including phenoxy) is 1. The third-order valence-corrected chi connectivity index (χ3v) is 5.78. The Bertz CT molecular complexity index is 1160. The van der Waals surface area contributed by atoms with E-state index in [2.05, 4.69) is 31.0 Å². The average molecular weight is 445 g/mol. The number of likely N-dealkylation sites (tertiary alicyclic amines) is 1. The number of amides is 2. The van der Waals surface area contributed by atoms with Crippen molar-refractivity contribution >= 4 is 11.8 Å². The van der Waals surface area contributed by atoms with Crippen molar-refractivity contribution < 1.29 is 14.3 Å². The number of aromatic nitrogens is 2. The number of carbonyl (C=O) groups is 2. The molecule has 7 nitrogen and oxygen atoms in total. The van der Waals surface area contributed by atoms with Gasteiger partial charge in [0.05, 0.1) is 11.4 Å². The highest BCUT2D eigenvalue weighted by atomic mass is 16.5. The van der Waals surface area contributed by atoms with Gasteiger partial charge in [0.15, 0.2) is 0 Å². The summed E-state index contributed by atoms with van der Waals surface area (Å²) in [5.74, 6) is 1.36. The van der Waals surface area contributed by atoms with Gasteiger partial charge in [-0.25, -0.2) is 0 Å². The molecule has 0 spiro atoms. The highest BCUT2D eigenvalue weighted by Gasteiger charge is 2.27. The molecular weight excluding hydrogens is 416 g/mol. The molecule has 0 saturated carbocycles. The zero-order valence-corrected chi connectivity index (χ0v) is 19.1. The fraction of sp³-hybridized carbons (Fsp3) is 0.308. The van der Waals surface area contributed by atoms with E-state index in [0.717, 1.165) is 22.5 Å². The number of nitrogens with two attached hydrogens (primary N) is 1. The molecule has 2 amide bonds. The van der Waals surface area contributed by atoms with Crippen LogP contribution >= 0.6 is 0 Å². The van der Waals surface area contributed by atoms with Crippen molar-refractivity contribution in [1.29, 1.82) is 0 Å². The summed E-state index contributed by atoms with van der Waals surface area (Å²) >= 11 is 0. The lowest BCUT2D eigenvalue weighted by Crippen LogP contribution is -2.24. The van der Waals surface area contributed by atoms with Gasteiger partial charge in [0.1, 0.15) is 11.5 Å². The van der Waals surface area contributed by atoms with Crippen molar-refractivity contribution in [2.75, 3.05) is 6.54 Å². The van der Waals surface area contributed by atoms with Crippen molar-refractivity contribution in [2.24, 2.45) is 11.7 Å². The minimum Gasteiger partial charge on any atom is -0.457 e. The van der Waals surface area contributed by atoms with Crippen LogP contribution in [0, 0.1) is 5.92 Å². The van der Waals surface area contributed by atoms with E-state index in [4.69, 9.17) is 10.5 Å². The maximum absolute atomic E-state index is 12.3. The van der Waals surface area contributed by atoms with Crippen molar-refractivity contribution in [2.45, 2.75) is 39.7 Å². The second kappa shape index (κ2) is 9.40. The molecule has 2 N–H and O–H groups in total. The SMILES string of the molecule is CC1CC(=O)N(Cc2ccc(C(N)=O)cc2Oc2ccc(-c3ccc(C(C)C)nn3)cc2)C1. The number of primary amides is 1. The Balaban J connectivity index is 1.56. The molecule has 1 aliphatic heterocycles. The summed E-state index contributed by atoms with van der Waals surface area (Å²) in [5, 5.41) is 8.61. The molecule has 2 heterocycles. The lowest BCUT2D eigenvalue weighted by molar-refractivity contribution is -0.128. The summed E-state index contributed by atoms with van der Waals surface area (Å²) in [6.45, 7) is 7.36. The number of rotatable bonds is 7. The molecule has 0 bridgehead atoms. The van der Waals surface area contributed by atoms with E-state index in [1.54, 1.807) is 18.2 Å². The van der Waals surface area contributed by atoms with Crippen LogP contribution in [0.4, 0.5) is 0 Å². The smallest absolute Gasteiger partial charge is 0.248 e. The molecule has 4 rings (SSSR count). The molecule has 7 heteroatoms. The first kappa shape index (κ1) is 22.5. The summed E-state index contributed by atoms with van der Waals surface area (Å²) in [7, 11) is 0. The molecule has 1 aliphatic rings. The van der Waals surface area contributed by atoms with Gasteiger partial charge in [0.2, 0.25) is 11.8 Å². The molecule has 1 saturated heterocycles. The first-order chi connectivity index (χ1) is 15.8. The molecule has 1 fully saturated rings. The highest BCUT2D eigenvalue weighted by Crippen LogP contribution is 2.31. The predicted octanol–water partition coefficient (Wildman–Crippen LogP) is 4.53. The maximum atomic E-state index is 12.3. The first-order valence-electron chi connectivity index (χ1n) is 11.1. The molecule has 2 aromatic carbocycles. The summed E-state index contributed by atoms with van der Waals surface area (Å²) in [6.07, 6.45) is 0.554. The summed E-state index contributed by atoms with van der Waals surface area (Å²) in [6, 6.07) is 16.6. The van der Waals surface area contributed by atoms with Gasteiger partial charge in [-0.3, -0.25) is 9.59 Å². The quantitative estimate of drug-likeness (QED) is 0.577. The summed E-state index contributed by atoms with van der Waals surface area (Å²) in [5.41, 5.74) is 9.30. The lowest BCUT2D eigenvalue weighted by Gasteiger charge is -2.19. The summed E-state index contributed by atoms with van der Waals surface area (Å²) in [4.78, 5) is 25.8. The first-order valence-corrected chi connectivity index (χ1v) is 11.1. The number of nitrogens with zero attached hydrogens (tertiary/aromatic N) is 3. The van der Waals surface area contributed by atoms with Crippen molar-refractivity contribution in [3.63, 3.8) is 0 Å². The van der Waals surface area contributed by atoms with Gasteiger partial charge in [0.25, 0.3) is 0 Å². The van der Waals surface area contributed by atoms with Crippen LogP contribution in [-0.4, -0.2) is 33.5 Å². The van der Waals surface area contributed by atoms with E-state index >= 15 is 0 Å². The van der Waals surface area contributed by atoms with Crippen LogP contribution in [0.2, 0.25) is 0 Å². The van der Waals surface area contributed by atoms with E-state index in [9.17, 15) is 9.59 Å². The average Bonchev–Trinajstić information content (AvgIpc) is 3.11. The molecule has 0 aliphatic carbocycles. The van der Waals surface area contributed by atoms with Crippen molar-refractivity contribution in [3.05, 3.63) is 71.4 Å². The number of hydrogen-bond donors (Lipinski definition) is 1. The molecule has 0 radical (unpaired) electrons. The number of hydrogen-bond acceptors (Lipinski definition) is 5. The minimum atomic E-state index is -0.531. The third-order valence-electron chi connectivity index (χ3n) is 5.78. The summed E-state index contributed by atoms with van der Waals surface area (Å²) < 4.78 is 6.13. The molecular formula is C26H28N4O3. The van der Waals surface area contributed by atoms with Crippen LogP contribution in [0.1, 0.15) is 54.7 Å². The van der Waals surface area contributed by atoms with Gasteiger partial charge in [0, 0.05) is 36.2 Å². The molecule has 170 valence electrons. The highest BCUT2D eigenvalue weighted by molar-refractivity contribution is 5.93. The Morgan fingerprint density at radius 1 is 1.12 bits per heavy atom. The largest absolute Gasteiger partial charge is 0.457 e. The van der Waals surface area contributed by atoms with E-state index in [-0.39, 0.29) is 5.91 Å². The Morgan fingerprint density at radius 3 is 2.45 bits per heavy atom. The normalized spacial score (nSPS) is 15.8. The zero-order valence-electron chi connectivity index (χ0n) is 19.1. The van der Waals surface area contributed by atoms with E-state index in [1.807, 2.05) is 41.3 Å². The van der Waals surface area contributed by atoms with Crippen LogP contribution in [0.3, 0.4) is 0 Å². The van der Waals surface area contributed by atoms with Gasteiger partial charge in [-0.1, -0.05) is 26.8 Å². The minimum absolute atomic E-state index is 0.126. The van der Waals surface area contributed by atoms with Gasteiger partial charge in [-0.15, -0.1) is 0 Å². The fourth-order valence-corrected chi connectivity index (χ4v) is 3.89. The molecule has 3 aromatic rings. The van der Waals surface area contributed by atoms with Crippen LogP contribution in [0.5, 0.6) is 11.5 Å². The van der Waals surface area contributed by atoms with E-state index in [0.29, 0.717) is 48.4 Å². The molecule has 1 atom stereocenters. The monoisotopic (exact) mass is 444 g/mol. The number of benzene rings is 2. The molecule has 1 aromatic heterocycles. The van der Waals surface area contributed by atoms with E-state index < -0.39 is 5.91 Å². The van der Waals surface area contributed by atoms with Crippen LogP contribution < -0.4 is 10.5 Å². The third kappa shape index (κ3) is 5.19. The van der Waals surface area contributed by atoms with Crippen LogP contribution in [0.25, 0.3) is 11.3 Å². The lowest BCUT2D eigenvalue weighted by atomic mass is 10.1. The van der Waals surface area contributed by atoms with Crippen LogP contribution in [0.15, 0.2) is 54.6 Å². The predicted molar refractivity (Wildman–Crippen MR) is 126 cm³/mol. The van der Waals surface area contributed by atoms with Gasteiger partial charge in [-0.2, -0.15) is 10.2 Å². The fourth-order valence-electron chi connectivity index (χ4n) is 3.89. The zero-order chi connectivity index (χ0) is 23.5. The van der Waals surface area contributed by atoms with Gasteiger partial charge >= 0.3 is 0 Å². The topological polar surface area (TPSA) is 98.4 Å². The van der Waals surface area contributed by atoms with Crippen molar-refractivity contribution in [1.82, 2.24) is 15.1 Å². The van der Waals surface area contributed by atoms with Gasteiger partial charge in [-0.05, 0) is 60.4 Å². The Morgan fingerprint density at radius 2 is 1.88 bits per heavy atom. The molecule has 33 heavy (non-hydrogen) atoms. The standard InChI is InChI=1S/C26H28N4O3/c1-16(2)22-10-11-23(29-28-22)18-6-8-21(9-7-18)33-24-13-19(26(27)32)4-5-20(24)15-30-14-17(3)12-25(30)31/h4-11,13,16-17H,12,14-15H2,1-3H3,(H2,27,32).